The van der Waals surface area contributed by atoms with Gasteiger partial charge in [0.05, 0.1) is 12.7 Å². The van der Waals surface area contributed by atoms with Gasteiger partial charge in [0.15, 0.2) is 6.10 Å². The van der Waals surface area contributed by atoms with Crippen molar-refractivity contribution >= 4 is 0 Å². The SMILES string of the molecule is CC(C)OCCn1ccc(C(O)C(F)(F)F)c1. The molecule has 0 saturated carbocycles. The van der Waals surface area contributed by atoms with E-state index >= 15 is 0 Å². The standard InChI is InChI=1S/C11H16F3NO2/c1-8(2)17-6-5-15-4-3-9(7-15)10(16)11(12,13)14/h3-4,7-8,10,16H,5-6H2,1-2H3. The maximum Gasteiger partial charge on any atom is 0.418 e. The molecular weight excluding hydrogens is 235 g/mol. The summed E-state index contributed by atoms with van der Waals surface area (Å²) in [6, 6.07) is 1.26. The molecule has 17 heavy (non-hydrogen) atoms. The average molecular weight is 251 g/mol. The average Bonchev–Trinajstić information content (AvgIpc) is 2.63. The Hall–Kier alpha value is -1.01. The number of aliphatic hydroxyl groups is 1. The van der Waals surface area contributed by atoms with Gasteiger partial charge >= 0.3 is 6.18 Å². The molecule has 3 nitrogen and oxygen atoms in total. The lowest BCUT2D eigenvalue weighted by atomic mass is 10.2. The van der Waals surface area contributed by atoms with E-state index in [9.17, 15) is 13.2 Å². The van der Waals surface area contributed by atoms with Crippen molar-refractivity contribution in [1.82, 2.24) is 4.57 Å². The normalized spacial score (nSPS) is 14.3. The van der Waals surface area contributed by atoms with Crippen LogP contribution in [0.3, 0.4) is 0 Å². The van der Waals surface area contributed by atoms with Gasteiger partial charge in [0.1, 0.15) is 0 Å². The predicted octanol–water partition coefficient (Wildman–Crippen LogP) is 2.51. The molecule has 0 fully saturated rings. The number of halogens is 3. The van der Waals surface area contributed by atoms with Crippen molar-refractivity contribution in [1.29, 1.82) is 0 Å². The monoisotopic (exact) mass is 251 g/mol. The molecule has 0 amide bonds. The van der Waals surface area contributed by atoms with Crippen LogP contribution in [-0.4, -0.2) is 28.6 Å². The summed E-state index contributed by atoms with van der Waals surface area (Å²) in [6.45, 7) is 4.65. The molecule has 1 aromatic rings. The molecule has 0 bridgehead atoms. The van der Waals surface area contributed by atoms with E-state index < -0.39 is 12.3 Å². The van der Waals surface area contributed by atoms with Gasteiger partial charge in [0.2, 0.25) is 0 Å². The van der Waals surface area contributed by atoms with E-state index in [1.807, 2.05) is 13.8 Å². The van der Waals surface area contributed by atoms with Crippen LogP contribution in [0.25, 0.3) is 0 Å². The number of aromatic nitrogens is 1. The zero-order valence-corrected chi connectivity index (χ0v) is 9.74. The summed E-state index contributed by atoms with van der Waals surface area (Å²) >= 11 is 0. The fourth-order valence-electron chi connectivity index (χ4n) is 1.34. The Morgan fingerprint density at radius 3 is 2.59 bits per heavy atom. The first-order chi connectivity index (χ1) is 7.80. The van der Waals surface area contributed by atoms with Gasteiger partial charge in [-0.25, -0.2) is 0 Å². The lowest BCUT2D eigenvalue weighted by molar-refractivity contribution is -0.206. The van der Waals surface area contributed by atoms with Crippen molar-refractivity contribution < 1.29 is 23.0 Å². The highest BCUT2D eigenvalue weighted by atomic mass is 19.4. The smallest absolute Gasteiger partial charge is 0.379 e. The fourth-order valence-corrected chi connectivity index (χ4v) is 1.34. The third-order valence-corrected chi connectivity index (χ3v) is 2.20. The van der Waals surface area contributed by atoms with Gasteiger partial charge in [0, 0.05) is 24.5 Å². The van der Waals surface area contributed by atoms with Gasteiger partial charge in [-0.15, -0.1) is 0 Å². The minimum Gasteiger partial charge on any atom is -0.379 e. The van der Waals surface area contributed by atoms with E-state index in [4.69, 9.17) is 9.84 Å². The Labute approximate surface area is 97.8 Å². The second-order valence-electron chi connectivity index (χ2n) is 4.05. The molecule has 0 spiro atoms. The number of hydrogen-bond acceptors (Lipinski definition) is 2. The Morgan fingerprint density at radius 2 is 2.06 bits per heavy atom. The molecule has 6 heteroatoms. The summed E-state index contributed by atoms with van der Waals surface area (Å²) in [5, 5.41) is 9.01. The topological polar surface area (TPSA) is 34.4 Å². The third-order valence-electron chi connectivity index (χ3n) is 2.20. The first kappa shape index (κ1) is 14.1. The number of rotatable bonds is 5. The number of alkyl halides is 3. The Kier molecular flexibility index (Phi) is 4.59. The minimum atomic E-state index is -4.62. The third kappa shape index (κ3) is 4.40. The van der Waals surface area contributed by atoms with Crippen molar-refractivity contribution in [3.8, 4) is 0 Å². The van der Waals surface area contributed by atoms with Gasteiger partial charge < -0.3 is 14.4 Å². The van der Waals surface area contributed by atoms with Gasteiger partial charge in [0.25, 0.3) is 0 Å². The summed E-state index contributed by atoms with van der Waals surface area (Å²) in [5.41, 5.74) is -0.151. The van der Waals surface area contributed by atoms with E-state index in [0.717, 1.165) is 0 Å². The molecule has 98 valence electrons. The number of aliphatic hydroxyl groups excluding tert-OH is 1. The number of hydrogen-bond donors (Lipinski definition) is 1. The van der Waals surface area contributed by atoms with Crippen molar-refractivity contribution in [2.45, 2.75) is 38.8 Å². The molecule has 0 radical (unpaired) electrons. The van der Waals surface area contributed by atoms with Gasteiger partial charge in [-0.1, -0.05) is 0 Å². The van der Waals surface area contributed by atoms with Crippen LogP contribution in [0, 0.1) is 0 Å². The molecule has 0 aliphatic rings. The molecule has 0 aliphatic heterocycles. The summed E-state index contributed by atoms with van der Waals surface area (Å²) in [7, 11) is 0. The highest BCUT2D eigenvalue weighted by Gasteiger charge is 2.39. The first-order valence-electron chi connectivity index (χ1n) is 5.32. The fraction of sp³-hybridized carbons (Fsp3) is 0.636. The molecule has 1 unspecified atom stereocenters. The lowest BCUT2D eigenvalue weighted by Crippen LogP contribution is -2.19. The molecule has 1 heterocycles. The van der Waals surface area contributed by atoms with E-state index in [0.29, 0.717) is 13.2 Å². The second-order valence-corrected chi connectivity index (χ2v) is 4.05. The van der Waals surface area contributed by atoms with Gasteiger partial charge in [-0.2, -0.15) is 13.2 Å². The van der Waals surface area contributed by atoms with Crippen LogP contribution in [-0.2, 0) is 11.3 Å². The number of nitrogens with zero attached hydrogens (tertiary/aromatic N) is 1. The van der Waals surface area contributed by atoms with Crippen LogP contribution < -0.4 is 0 Å². The van der Waals surface area contributed by atoms with Crippen LogP contribution in [0.5, 0.6) is 0 Å². The van der Waals surface area contributed by atoms with Crippen LogP contribution in [0.15, 0.2) is 18.5 Å². The van der Waals surface area contributed by atoms with Crippen molar-refractivity contribution in [3.05, 3.63) is 24.0 Å². The predicted molar refractivity (Wildman–Crippen MR) is 56.5 cm³/mol. The molecule has 0 aromatic carbocycles. The van der Waals surface area contributed by atoms with Crippen molar-refractivity contribution in [3.63, 3.8) is 0 Å². The number of ether oxygens (including phenoxy) is 1. The molecule has 1 N–H and O–H groups in total. The molecule has 0 aliphatic carbocycles. The van der Waals surface area contributed by atoms with Crippen LogP contribution in [0.2, 0.25) is 0 Å². The zero-order chi connectivity index (χ0) is 13.1. The van der Waals surface area contributed by atoms with Crippen LogP contribution in [0.4, 0.5) is 13.2 Å². The van der Waals surface area contributed by atoms with E-state index in [2.05, 4.69) is 0 Å². The van der Waals surface area contributed by atoms with E-state index in [1.54, 1.807) is 4.57 Å². The highest BCUT2D eigenvalue weighted by Crippen LogP contribution is 2.32. The summed E-state index contributed by atoms with van der Waals surface area (Å²) in [4.78, 5) is 0. The summed E-state index contributed by atoms with van der Waals surface area (Å²) < 4.78 is 43.5. The van der Waals surface area contributed by atoms with E-state index in [1.165, 1.54) is 18.5 Å². The molecule has 1 atom stereocenters. The Bertz CT molecular complexity index is 347. The Morgan fingerprint density at radius 1 is 1.41 bits per heavy atom. The molecule has 0 saturated heterocycles. The van der Waals surface area contributed by atoms with Crippen molar-refractivity contribution in [2.75, 3.05) is 6.61 Å². The lowest BCUT2D eigenvalue weighted by Gasteiger charge is -2.12. The van der Waals surface area contributed by atoms with Gasteiger partial charge in [-0.3, -0.25) is 0 Å². The highest BCUT2D eigenvalue weighted by molar-refractivity contribution is 5.15. The van der Waals surface area contributed by atoms with Gasteiger partial charge in [-0.05, 0) is 19.9 Å². The zero-order valence-electron chi connectivity index (χ0n) is 9.74. The maximum atomic E-state index is 12.2. The first-order valence-corrected chi connectivity index (χ1v) is 5.32. The second kappa shape index (κ2) is 5.55. The maximum absolute atomic E-state index is 12.2. The Balaban J connectivity index is 2.54. The summed E-state index contributed by atoms with van der Waals surface area (Å²) in [6.07, 6.45) is -4.18. The van der Waals surface area contributed by atoms with Crippen molar-refractivity contribution in [2.24, 2.45) is 0 Å². The quantitative estimate of drug-likeness (QED) is 0.872. The van der Waals surface area contributed by atoms with E-state index in [-0.39, 0.29) is 11.7 Å². The van der Waals surface area contributed by atoms with Crippen LogP contribution >= 0.6 is 0 Å². The largest absolute Gasteiger partial charge is 0.418 e. The molecule has 1 aromatic heterocycles. The van der Waals surface area contributed by atoms with Crippen LogP contribution in [0.1, 0.15) is 25.5 Å². The molecule has 1 rings (SSSR count). The summed E-state index contributed by atoms with van der Waals surface area (Å²) in [5.74, 6) is 0. The minimum absolute atomic E-state index is 0.0887. The molecular formula is C11H16F3NO2.